The fourth-order valence-corrected chi connectivity index (χ4v) is 6.09. The molecule has 0 fully saturated rings. The minimum atomic E-state index is -1.39. The zero-order valence-corrected chi connectivity index (χ0v) is 28.3. The van der Waals surface area contributed by atoms with Gasteiger partial charge >= 0.3 is 0 Å². The van der Waals surface area contributed by atoms with Gasteiger partial charge in [-0.2, -0.15) is 0 Å². The summed E-state index contributed by atoms with van der Waals surface area (Å²) in [4.78, 5) is 0.306. The first-order valence-corrected chi connectivity index (χ1v) is 16.5. The van der Waals surface area contributed by atoms with E-state index < -0.39 is 317 Å². The summed E-state index contributed by atoms with van der Waals surface area (Å²) in [5.74, 6) is 0. The Morgan fingerprint density at radius 3 is 1.47 bits per heavy atom. The van der Waals surface area contributed by atoms with Gasteiger partial charge in [0.05, 0.1) is 59.1 Å². The van der Waals surface area contributed by atoms with Crippen molar-refractivity contribution in [2.75, 3.05) is 4.90 Å². The van der Waals surface area contributed by atoms with Crippen LogP contribution in [0.15, 0.2) is 220 Å². The normalized spacial score (nSPS) is 20.1. The van der Waals surface area contributed by atoms with Gasteiger partial charge in [-0.05, 0) is 99.4 Å². The van der Waals surface area contributed by atoms with E-state index in [-0.39, 0.29) is 0 Å². The fraction of sp³-hybridized carbons (Fsp3) is 0. The zero-order valence-electron chi connectivity index (χ0n) is 63.3. The molecule has 3 heteroatoms. The molecule has 0 bridgehead atoms. The Morgan fingerprint density at radius 2 is 0.825 bits per heavy atom. The van der Waals surface area contributed by atoms with Crippen molar-refractivity contribution in [1.82, 2.24) is 0 Å². The van der Waals surface area contributed by atoms with Crippen LogP contribution in [0.4, 0.5) is 17.1 Å². The molecule has 0 aliphatic heterocycles. The Morgan fingerprint density at radius 1 is 0.333 bits per heavy atom. The lowest BCUT2D eigenvalue weighted by atomic mass is 9.92. The molecular formula is C54H35NO2. The first-order chi connectivity index (χ1) is 42.8. The maximum Gasteiger partial charge on any atom is 0.145 e. The van der Waals surface area contributed by atoms with Crippen molar-refractivity contribution < 1.29 is 56.8 Å². The van der Waals surface area contributed by atoms with Gasteiger partial charge in [0, 0.05) is 33.1 Å². The number of rotatable bonds is 7. The highest BCUT2D eigenvalue weighted by Gasteiger charge is 2.23. The van der Waals surface area contributed by atoms with Gasteiger partial charge in [-0.25, -0.2) is 0 Å². The molecule has 11 aromatic rings. The topological polar surface area (TPSA) is 29.5 Å². The van der Waals surface area contributed by atoms with E-state index in [1.807, 2.05) is 0 Å². The van der Waals surface area contributed by atoms with Crippen LogP contribution in [0.5, 0.6) is 0 Å². The van der Waals surface area contributed by atoms with E-state index in [0.29, 0.717) is 4.90 Å². The molecule has 0 unspecified atom stereocenters. The molecule has 0 saturated carbocycles. The fourth-order valence-electron chi connectivity index (χ4n) is 6.09. The van der Waals surface area contributed by atoms with Gasteiger partial charge in [0.25, 0.3) is 0 Å². The molecule has 0 saturated heterocycles. The molecule has 2 aromatic heterocycles. The molecule has 0 radical (unpaired) electrons. The van der Waals surface area contributed by atoms with E-state index >= 15 is 0 Å². The van der Waals surface area contributed by atoms with E-state index in [9.17, 15) is 21.9 Å². The summed E-state index contributed by atoms with van der Waals surface area (Å²) in [6.07, 6.45) is 0. The Hall–Kier alpha value is -7.62. The molecule has 3 nitrogen and oxygen atoms in total. The largest absolute Gasteiger partial charge is 0.456 e. The van der Waals surface area contributed by atoms with Crippen LogP contribution >= 0.6 is 0 Å². The maximum atomic E-state index is 10.2. The van der Waals surface area contributed by atoms with Crippen molar-refractivity contribution in [2.24, 2.45) is 0 Å². The average Bonchev–Trinajstić information content (AvgIpc) is 1.37. The van der Waals surface area contributed by atoms with Crippen LogP contribution in [0.3, 0.4) is 0 Å². The zero-order chi connectivity index (χ0) is 68.2. The van der Waals surface area contributed by atoms with E-state index in [1.165, 1.54) is 0 Å². The maximum absolute atomic E-state index is 10.2. The number of nitrogens with zero attached hydrogens (tertiary/aromatic N) is 1. The summed E-state index contributed by atoms with van der Waals surface area (Å²) in [5, 5.41) is -2.76. The lowest BCUT2D eigenvalue weighted by molar-refractivity contribution is 0.669. The third kappa shape index (κ3) is 5.68. The summed E-state index contributed by atoms with van der Waals surface area (Å²) < 4.78 is 329. The molecule has 0 spiro atoms. The molecule has 2 heterocycles. The number of hydrogen-bond acceptors (Lipinski definition) is 3. The second kappa shape index (κ2) is 13.6. The quantitative estimate of drug-likeness (QED) is 0.162. The van der Waals surface area contributed by atoms with Crippen LogP contribution in [0, 0.1) is 0 Å². The van der Waals surface area contributed by atoms with Crippen LogP contribution in [0.1, 0.15) is 48.0 Å². The van der Waals surface area contributed by atoms with Gasteiger partial charge < -0.3 is 13.7 Å². The lowest BCUT2D eigenvalue weighted by Gasteiger charge is -2.27. The van der Waals surface area contributed by atoms with Crippen LogP contribution in [0.2, 0.25) is 0 Å². The van der Waals surface area contributed by atoms with Gasteiger partial charge in [-0.15, -0.1) is 0 Å². The minimum Gasteiger partial charge on any atom is -0.456 e. The van der Waals surface area contributed by atoms with E-state index in [1.54, 1.807) is 0 Å². The van der Waals surface area contributed by atoms with E-state index in [0.717, 1.165) is 0 Å². The third-order valence-electron chi connectivity index (χ3n) is 8.57. The Balaban J connectivity index is 1.38. The molecular weight excluding hydrogens is 695 g/mol. The SMILES string of the molecule is [2H]c1c([2H])c([2H])c(-c2c([2H])c([2H])c(N(c3c([2H])c([2H])c(-c4c([2H])c([2H])c([2H])c([2H])c4[2H])c([2H])c3[2H])c3c([2H])c([2H])c(-c4c([2H])c([2H])c([2H])c([2H])c4-c4c([2H])c([2H])c5c(oc6c([2H])c([2H])c([2H])c([2H])c65)c4[2H])c4oc5c([2H])c([2H])c([2H])c([2H])c5c34)c([2H])c2[2H])c([2H])c1[2H]. The highest BCUT2D eigenvalue weighted by molar-refractivity contribution is 6.18. The van der Waals surface area contributed by atoms with Crippen molar-refractivity contribution in [3.63, 3.8) is 0 Å². The van der Waals surface area contributed by atoms with Crippen LogP contribution < -0.4 is 4.90 Å². The van der Waals surface area contributed by atoms with Crippen molar-refractivity contribution in [1.29, 1.82) is 0 Å². The summed E-state index contributed by atoms with van der Waals surface area (Å²) in [6, 6.07) is -38.1. The minimum absolute atomic E-state index is 0.306. The Kier molecular flexibility index (Phi) is 3.09. The molecule has 11 rings (SSSR count). The number of fused-ring (bicyclic) bond motifs is 6. The van der Waals surface area contributed by atoms with Gasteiger partial charge in [0.2, 0.25) is 0 Å². The molecule has 0 atom stereocenters. The highest BCUT2D eigenvalue weighted by atomic mass is 16.3. The van der Waals surface area contributed by atoms with E-state index in [4.69, 9.17) is 34.9 Å². The van der Waals surface area contributed by atoms with Crippen LogP contribution in [-0.2, 0) is 0 Å². The summed E-state index contributed by atoms with van der Waals surface area (Å²) in [7, 11) is 0. The second-order valence-electron chi connectivity index (χ2n) is 11.8. The van der Waals surface area contributed by atoms with Crippen molar-refractivity contribution in [2.45, 2.75) is 0 Å². The number of anilines is 3. The van der Waals surface area contributed by atoms with Gasteiger partial charge in [0.1, 0.15) is 22.3 Å². The average molecular weight is 765 g/mol. The third-order valence-corrected chi connectivity index (χ3v) is 8.57. The van der Waals surface area contributed by atoms with Crippen molar-refractivity contribution in [3.8, 4) is 44.5 Å². The van der Waals surface area contributed by atoms with Gasteiger partial charge in [-0.3, -0.25) is 0 Å². The molecule has 0 aliphatic carbocycles. The van der Waals surface area contributed by atoms with Crippen LogP contribution in [-0.4, -0.2) is 0 Å². The predicted molar refractivity (Wildman–Crippen MR) is 237 cm³/mol. The second-order valence-corrected chi connectivity index (χ2v) is 11.8. The lowest BCUT2D eigenvalue weighted by Crippen LogP contribution is -2.10. The van der Waals surface area contributed by atoms with Gasteiger partial charge in [0.15, 0.2) is 0 Å². The summed E-state index contributed by atoms with van der Waals surface area (Å²) in [6.45, 7) is 0. The Labute approximate surface area is 379 Å². The number of hydrogen-bond donors (Lipinski definition) is 0. The first kappa shape index (κ1) is 13.0. The molecule has 0 aliphatic rings. The molecule has 0 amide bonds. The highest BCUT2D eigenvalue weighted by Crippen LogP contribution is 2.48. The van der Waals surface area contributed by atoms with Crippen LogP contribution in [0.25, 0.3) is 88.4 Å². The van der Waals surface area contributed by atoms with Gasteiger partial charge in [-0.1, -0.05) is 151 Å². The summed E-state index contributed by atoms with van der Waals surface area (Å²) >= 11 is 0. The molecule has 0 N–H and O–H groups in total. The first-order valence-electron chi connectivity index (χ1n) is 34.0. The smallest absolute Gasteiger partial charge is 0.145 e. The standard InChI is InChI=1S/C54H35NO2/c1-3-13-36(14-4-1)38-23-28-41(29-24-38)55(42-30-25-39(26-31-42)37-15-5-2-6-16-37)49-34-33-47(54-53(49)48-20-10-12-22-51(48)57-54)44-18-8-7-17-43(44)40-27-32-46-45-19-9-11-21-50(45)56-52(46)35-40/h1-35H/i1D,2D,3D,4D,5D,6D,7D,8D,9D,10D,11D,12D,13D,14D,15D,16D,17D,18D,19D,20D,21D,22D,23D,24D,25D,26D,27D,28D,29D,30D,31D,32D,33D,34D,35D. The predicted octanol–water partition coefficient (Wildman–Crippen LogP) is 15.6. The number of furan rings is 2. The molecule has 268 valence electrons. The van der Waals surface area contributed by atoms with Crippen molar-refractivity contribution in [3.05, 3.63) is 211 Å². The molecule has 9 aromatic carbocycles. The number of para-hydroxylation sites is 2. The summed E-state index contributed by atoms with van der Waals surface area (Å²) in [5.41, 5.74) is -14.5. The monoisotopic (exact) mass is 764 g/mol. The number of benzene rings is 9. The van der Waals surface area contributed by atoms with E-state index in [2.05, 4.69) is 0 Å². The molecule has 57 heavy (non-hydrogen) atoms. The Bertz CT molecular complexity index is 5050. The van der Waals surface area contributed by atoms with Crippen molar-refractivity contribution >= 4 is 60.9 Å².